The van der Waals surface area contributed by atoms with Crippen molar-refractivity contribution in [3.05, 3.63) is 82.4 Å². The lowest BCUT2D eigenvalue weighted by molar-refractivity contribution is 1.27. The van der Waals surface area contributed by atoms with Crippen LogP contribution >= 0.6 is 12.6 Å². The van der Waals surface area contributed by atoms with E-state index in [4.69, 9.17) is 0 Å². The molecule has 2 aromatic carbocycles. The van der Waals surface area contributed by atoms with Crippen molar-refractivity contribution in [2.45, 2.75) is 25.2 Å². The summed E-state index contributed by atoms with van der Waals surface area (Å²) in [6.07, 6.45) is 5.30. The summed E-state index contributed by atoms with van der Waals surface area (Å²) in [6.45, 7) is 4.05. The fourth-order valence-electron chi connectivity index (χ4n) is 2.65. The minimum Gasteiger partial charge on any atom is -0.143 e. The number of hydrogen-bond donors (Lipinski definition) is 1. The Labute approximate surface area is 138 Å². The third-order valence-corrected chi connectivity index (χ3v) is 4.23. The predicted octanol–water partition coefficient (Wildman–Crippen LogP) is 5.28. The smallest absolute Gasteiger partial charge is 0.0327 e. The van der Waals surface area contributed by atoms with Crippen molar-refractivity contribution >= 4 is 18.2 Å². The fraction of sp³-hybridized carbons (Fsp3) is 0.143. The van der Waals surface area contributed by atoms with E-state index in [1.807, 2.05) is 26.0 Å². The summed E-state index contributed by atoms with van der Waals surface area (Å²) in [4.78, 5) is 1.02. The molecule has 0 aromatic heterocycles. The molecule has 0 radical (unpaired) electrons. The van der Waals surface area contributed by atoms with Gasteiger partial charge in [-0.05, 0) is 66.3 Å². The molecule has 0 atom stereocenters. The topological polar surface area (TPSA) is 0 Å². The summed E-state index contributed by atoms with van der Waals surface area (Å²) in [5.41, 5.74) is 7.31. The average Bonchev–Trinajstić information content (AvgIpc) is 2.95. The summed E-state index contributed by atoms with van der Waals surface area (Å²) >= 11 is 4.44. The lowest BCUT2D eigenvalue weighted by atomic mass is 9.95. The van der Waals surface area contributed by atoms with Gasteiger partial charge in [0.05, 0.1) is 0 Å². The Morgan fingerprint density at radius 1 is 1.14 bits per heavy atom. The number of allylic oxidation sites excluding steroid dienone is 3. The second-order valence-electron chi connectivity index (χ2n) is 5.43. The third kappa shape index (κ3) is 2.89. The van der Waals surface area contributed by atoms with Gasteiger partial charge in [0.2, 0.25) is 0 Å². The minimum absolute atomic E-state index is 0.967. The monoisotopic (exact) mass is 302 g/mol. The highest BCUT2D eigenvalue weighted by molar-refractivity contribution is 7.80. The molecule has 0 heterocycles. The lowest BCUT2D eigenvalue weighted by Crippen LogP contribution is -1.91. The van der Waals surface area contributed by atoms with E-state index < -0.39 is 0 Å². The second kappa shape index (κ2) is 6.30. The number of hydrogen-bond acceptors (Lipinski definition) is 1. The Kier molecular flexibility index (Phi) is 4.22. The first-order chi connectivity index (χ1) is 10.7. The van der Waals surface area contributed by atoms with E-state index in [1.165, 1.54) is 22.3 Å². The van der Waals surface area contributed by atoms with Crippen LogP contribution in [0.5, 0.6) is 0 Å². The van der Waals surface area contributed by atoms with Gasteiger partial charge in [-0.2, -0.15) is 0 Å². The average molecular weight is 302 g/mol. The summed E-state index contributed by atoms with van der Waals surface area (Å²) < 4.78 is 0. The van der Waals surface area contributed by atoms with Crippen molar-refractivity contribution in [3.63, 3.8) is 0 Å². The second-order valence-corrected chi connectivity index (χ2v) is 5.95. The minimum atomic E-state index is 0.967. The lowest BCUT2D eigenvalue weighted by Gasteiger charge is -2.09. The molecule has 0 N–H and O–H groups in total. The van der Waals surface area contributed by atoms with Crippen molar-refractivity contribution in [3.8, 4) is 11.8 Å². The number of thiol groups is 1. The molecule has 0 spiro atoms. The maximum absolute atomic E-state index is 4.44. The Hall–Kier alpha value is -2.17. The molecule has 1 aliphatic carbocycles. The van der Waals surface area contributed by atoms with Crippen molar-refractivity contribution in [1.29, 1.82) is 0 Å². The molecule has 0 amide bonds. The van der Waals surface area contributed by atoms with Crippen LogP contribution in [0.25, 0.3) is 5.57 Å². The van der Waals surface area contributed by atoms with Crippen molar-refractivity contribution in [2.75, 3.05) is 0 Å². The summed E-state index contributed by atoms with van der Waals surface area (Å²) in [5, 5.41) is 0. The highest BCUT2D eigenvalue weighted by Gasteiger charge is 2.17. The van der Waals surface area contributed by atoms with Crippen molar-refractivity contribution < 1.29 is 0 Å². The van der Waals surface area contributed by atoms with Gasteiger partial charge in [0.25, 0.3) is 0 Å². The van der Waals surface area contributed by atoms with Crippen LogP contribution in [0, 0.1) is 11.8 Å². The molecule has 0 saturated carbocycles. The molecule has 2 aromatic rings. The Balaban J connectivity index is 2.06. The zero-order valence-corrected chi connectivity index (χ0v) is 13.7. The molecule has 0 aliphatic heterocycles. The van der Waals surface area contributed by atoms with Gasteiger partial charge in [-0.25, -0.2) is 0 Å². The molecule has 1 aliphatic rings. The molecule has 0 unspecified atom stereocenters. The highest BCUT2D eigenvalue weighted by Crippen LogP contribution is 2.35. The van der Waals surface area contributed by atoms with Gasteiger partial charge >= 0.3 is 0 Å². The zero-order chi connectivity index (χ0) is 15.5. The Morgan fingerprint density at radius 3 is 2.77 bits per heavy atom. The molecule has 1 heteroatoms. The molecule has 0 saturated heterocycles. The van der Waals surface area contributed by atoms with Crippen LogP contribution in [0.1, 0.15) is 36.1 Å². The van der Waals surface area contributed by atoms with Crippen molar-refractivity contribution in [2.24, 2.45) is 0 Å². The van der Waals surface area contributed by atoms with E-state index in [-0.39, 0.29) is 0 Å². The molecule has 0 bridgehead atoms. The fourth-order valence-corrected chi connectivity index (χ4v) is 2.88. The Morgan fingerprint density at radius 2 is 1.95 bits per heavy atom. The van der Waals surface area contributed by atoms with Gasteiger partial charge < -0.3 is 0 Å². The zero-order valence-electron chi connectivity index (χ0n) is 12.9. The van der Waals surface area contributed by atoms with Crippen LogP contribution in [0.2, 0.25) is 0 Å². The predicted molar refractivity (Wildman–Crippen MR) is 97.2 cm³/mol. The number of fused-ring (bicyclic) bond motifs is 1. The number of rotatable bonds is 1. The van der Waals surface area contributed by atoms with Crippen LogP contribution in [-0.4, -0.2) is 0 Å². The van der Waals surface area contributed by atoms with Crippen LogP contribution in [0.15, 0.2) is 65.1 Å². The van der Waals surface area contributed by atoms with Gasteiger partial charge in [-0.15, -0.1) is 12.6 Å². The Bertz CT molecular complexity index is 842. The van der Waals surface area contributed by atoms with Crippen LogP contribution in [0.3, 0.4) is 0 Å². The molecular formula is C21H18S. The van der Waals surface area contributed by atoms with Crippen LogP contribution in [-0.2, 0) is 6.42 Å². The normalized spacial score (nSPS) is 13.2. The first kappa shape index (κ1) is 14.8. The van der Waals surface area contributed by atoms with E-state index in [1.54, 1.807) is 0 Å². The number of benzene rings is 2. The van der Waals surface area contributed by atoms with E-state index >= 15 is 0 Å². The first-order valence-electron chi connectivity index (χ1n) is 7.46. The SMILES string of the molecule is C/C=C(\C)C#Cc1ccccc1C1=CCc2cc(S)ccc21. The summed E-state index contributed by atoms with van der Waals surface area (Å²) in [7, 11) is 0. The van der Waals surface area contributed by atoms with Crippen molar-refractivity contribution in [1.82, 2.24) is 0 Å². The maximum atomic E-state index is 4.44. The molecule has 22 heavy (non-hydrogen) atoms. The first-order valence-corrected chi connectivity index (χ1v) is 7.90. The summed E-state index contributed by atoms with van der Waals surface area (Å²) in [5.74, 6) is 6.53. The molecular weight excluding hydrogens is 284 g/mol. The van der Waals surface area contributed by atoms with E-state index in [0.29, 0.717) is 0 Å². The van der Waals surface area contributed by atoms with E-state index in [9.17, 15) is 0 Å². The van der Waals surface area contributed by atoms with Gasteiger partial charge in [0.15, 0.2) is 0 Å². The van der Waals surface area contributed by atoms with Crippen LogP contribution < -0.4 is 0 Å². The third-order valence-electron chi connectivity index (χ3n) is 3.95. The molecule has 0 fully saturated rings. The van der Waals surface area contributed by atoms with Crippen LogP contribution in [0.4, 0.5) is 0 Å². The maximum Gasteiger partial charge on any atom is 0.0327 e. The molecule has 108 valence electrons. The van der Waals surface area contributed by atoms with Gasteiger partial charge in [0, 0.05) is 10.5 Å². The largest absolute Gasteiger partial charge is 0.143 e. The standard InChI is InChI=1S/C21H18S/c1-3-15(2)8-9-16-6-4-5-7-19(16)21-12-10-17-14-18(22)11-13-20(17)21/h3-7,11-14,22H,10H2,1-2H3/b15-3+. The van der Waals surface area contributed by atoms with Gasteiger partial charge in [-0.3, -0.25) is 0 Å². The van der Waals surface area contributed by atoms with Gasteiger partial charge in [0.1, 0.15) is 0 Å². The highest BCUT2D eigenvalue weighted by atomic mass is 32.1. The molecule has 0 nitrogen and oxygen atoms in total. The van der Waals surface area contributed by atoms with Gasteiger partial charge in [-0.1, -0.05) is 48.3 Å². The molecule has 3 rings (SSSR count). The quantitative estimate of drug-likeness (QED) is 0.537. The van der Waals surface area contributed by atoms with E-state index in [0.717, 1.165) is 22.5 Å². The van der Waals surface area contributed by atoms with E-state index in [2.05, 4.69) is 66.9 Å². The summed E-state index contributed by atoms with van der Waals surface area (Å²) in [6, 6.07) is 14.7.